The molecule has 1 aliphatic rings. The second kappa shape index (κ2) is 7.32. The van der Waals surface area contributed by atoms with Crippen molar-refractivity contribution in [2.45, 2.75) is 38.0 Å². The summed E-state index contributed by atoms with van der Waals surface area (Å²) in [6.07, 6.45) is 11.7. The first-order valence-electron chi connectivity index (χ1n) is 8.73. The summed E-state index contributed by atoms with van der Waals surface area (Å²) < 4.78 is 0. The van der Waals surface area contributed by atoms with Gasteiger partial charge in [-0.25, -0.2) is 0 Å². The average molecular weight is 313 g/mol. The molecule has 1 atom stereocenters. The Kier molecular flexibility index (Phi) is 4.96. The minimum atomic E-state index is 0.118. The van der Waals surface area contributed by atoms with E-state index in [2.05, 4.69) is 61.6 Å². The molecule has 0 spiro atoms. The molecule has 0 saturated carbocycles. The molecule has 1 aliphatic carbocycles. The molecule has 0 aromatic heterocycles. The Morgan fingerprint density at radius 1 is 1.04 bits per heavy atom. The van der Waals surface area contributed by atoms with Gasteiger partial charge in [-0.15, -0.1) is 0 Å². The topological polar surface area (TPSA) is 23.8 Å². The first kappa shape index (κ1) is 16.3. The van der Waals surface area contributed by atoms with Gasteiger partial charge in [0.1, 0.15) is 0 Å². The van der Waals surface area contributed by atoms with Crippen LogP contribution in [0, 0.1) is 11.3 Å². The van der Waals surface area contributed by atoms with E-state index in [-0.39, 0.29) is 5.41 Å². The number of nitriles is 1. The maximum Gasteiger partial charge on any atom is 0.0991 e. The number of nitrogens with zero attached hydrogens (tertiary/aromatic N) is 1. The zero-order valence-corrected chi connectivity index (χ0v) is 14.2. The summed E-state index contributed by atoms with van der Waals surface area (Å²) in [5.41, 5.74) is 4.67. The van der Waals surface area contributed by atoms with Crippen LogP contribution >= 0.6 is 0 Å². The lowest BCUT2D eigenvalue weighted by Crippen LogP contribution is -2.24. The Bertz CT molecular complexity index is 775. The number of unbranched alkanes of at least 4 members (excludes halogenated alkanes) is 1. The Balaban J connectivity index is 1.87. The van der Waals surface area contributed by atoms with Crippen molar-refractivity contribution in [3.8, 4) is 6.07 Å². The predicted molar refractivity (Wildman–Crippen MR) is 101 cm³/mol. The highest BCUT2D eigenvalue weighted by Crippen LogP contribution is 2.40. The van der Waals surface area contributed by atoms with Crippen LogP contribution in [0.1, 0.15) is 49.3 Å². The second-order valence-corrected chi connectivity index (χ2v) is 6.51. The number of benzene rings is 2. The van der Waals surface area contributed by atoms with E-state index >= 15 is 0 Å². The third kappa shape index (κ3) is 3.34. The van der Waals surface area contributed by atoms with Crippen molar-refractivity contribution in [1.82, 2.24) is 0 Å². The number of hydrogen-bond donors (Lipinski definition) is 0. The van der Waals surface area contributed by atoms with Crippen LogP contribution in [0.15, 0.2) is 72.8 Å². The van der Waals surface area contributed by atoms with Crippen LogP contribution in [0.5, 0.6) is 0 Å². The SMILES string of the molecule is CCCC[C@]1(c2ccccc2)C=CC(c2ccc(C#N)cc2)=CC1. The lowest BCUT2D eigenvalue weighted by Gasteiger charge is -2.33. The standard InChI is InChI=1S/C23H23N/c1-2-3-15-23(22-7-5-4-6-8-22)16-13-21(14-17-23)20-11-9-19(18-24)10-12-20/h4-14,16H,2-3,15,17H2,1H3/t23-/m0/s1. The molecule has 0 bridgehead atoms. The molecule has 0 aliphatic heterocycles. The summed E-state index contributed by atoms with van der Waals surface area (Å²) in [6.45, 7) is 2.25. The molecule has 2 aromatic rings. The van der Waals surface area contributed by atoms with Gasteiger partial charge in [0.15, 0.2) is 0 Å². The minimum absolute atomic E-state index is 0.118. The lowest BCUT2D eigenvalue weighted by molar-refractivity contribution is 0.470. The van der Waals surface area contributed by atoms with Gasteiger partial charge in [-0.1, -0.05) is 80.5 Å². The van der Waals surface area contributed by atoms with Gasteiger partial charge in [0.2, 0.25) is 0 Å². The van der Waals surface area contributed by atoms with Crippen molar-refractivity contribution < 1.29 is 0 Å². The van der Waals surface area contributed by atoms with E-state index in [0.717, 1.165) is 6.42 Å². The molecule has 0 heterocycles. The van der Waals surface area contributed by atoms with E-state index in [1.807, 2.05) is 24.3 Å². The number of hydrogen-bond acceptors (Lipinski definition) is 1. The van der Waals surface area contributed by atoms with E-state index in [4.69, 9.17) is 5.26 Å². The summed E-state index contributed by atoms with van der Waals surface area (Å²) in [6, 6.07) is 20.9. The van der Waals surface area contributed by atoms with Crippen LogP contribution in [0.4, 0.5) is 0 Å². The average Bonchev–Trinajstić information content (AvgIpc) is 2.67. The molecule has 0 saturated heterocycles. The molecule has 0 radical (unpaired) electrons. The first-order chi connectivity index (χ1) is 11.8. The summed E-state index contributed by atoms with van der Waals surface area (Å²) in [5, 5.41) is 8.94. The summed E-state index contributed by atoms with van der Waals surface area (Å²) in [7, 11) is 0. The van der Waals surface area contributed by atoms with Crippen LogP contribution in [-0.2, 0) is 5.41 Å². The maximum absolute atomic E-state index is 8.94. The summed E-state index contributed by atoms with van der Waals surface area (Å²) in [5.74, 6) is 0. The molecular weight excluding hydrogens is 290 g/mol. The molecule has 0 amide bonds. The first-order valence-corrected chi connectivity index (χ1v) is 8.73. The Labute approximate surface area is 145 Å². The molecule has 0 fully saturated rings. The molecule has 3 rings (SSSR count). The predicted octanol–water partition coefficient (Wildman–Crippen LogP) is 6.03. The maximum atomic E-state index is 8.94. The smallest absolute Gasteiger partial charge is 0.0991 e. The molecule has 24 heavy (non-hydrogen) atoms. The monoisotopic (exact) mass is 313 g/mol. The fourth-order valence-corrected chi connectivity index (χ4v) is 3.43. The van der Waals surface area contributed by atoms with Gasteiger partial charge < -0.3 is 0 Å². The van der Waals surface area contributed by atoms with Crippen molar-refractivity contribution in [2.75, 3.05) is 0 Å². The van der Waals surface area contributed by atoms with E-state index in [0.29, 0.717) is 5.56 Å². The van der Waals surface area contributed by atoms with Crippen LogP contribution in [0.2, 0.25) is 0 Å². The fourth-order valence-electron chi connectivity index (χ4n) is 3.43. The normalized spacial score (nSPS) is 19.6. The van der Waals surface area contributed by atoms with Gasteiger partial charge in [-0.2, -0.15) is 5.26 Å². The quantitative estimate of drug-likeness (QED) is 0.661. The van der Waals surface area contributed by atoms with Gasteiger partial charge in [0, 0.05) is 5.41 Å². The highest BCUT2D eigenvalue weighted by molar-refractivity contribution is 5.76. The minimum Gasteiger partial charge on any atom is -0.192 e. The molecule has 120 valence electrons. The number of rotatable bonds is 5. The lowest BCUT2D eigenvalue weighted by atomic mass is 9.70. The Hall–Kier alpha value is -2.59. The molecule has 2 aromatic carbocycles. The van der Waals surface area contributed by atoms with Crippen LogP contribution < -0.4 is 0 Å². The summed E-state index contributed by atoms with van der Waals surface area (Å²) >= 11 is 0. The largest absolute Gasteiger partial charge is 0.192 e. The van der Waals surface area contributed by atoms with Gasteiger partial charge in [0.25, 0.3) is 0 Å². The van der Waals surface area contributed by atoms with Crippen molar-refractivity contribution >= 4 is 5.57 Å². The van der Waals surface area contributed by atoms with Crippen molar-refractivity contribution in [1.29, 1.82) is 5.26 Å². The van der Waals surface area contributed by atoms with Crippen molar-refractivity contribution in [2.24, 2.45) is 0 Å². The molecular formula is C23H23N. The van der Waals surface area contributed by atoms with Gasteiger partial charge in [-0.3, -0.25) is 0 Å². The van der Waals surface area contributed by atoms with Crippen molar-refractivity contribution in [3.05, 3.63) is 89.5 Å². The zero-order chi connectivity index (χ0) is 16.8. The highest BCUT2D eigenvalue weighted by atomic mass is 14.3. The van der Waals surface area contributed by atoms with Crippen LogP contribution in [0.3, 0.4) is 0 Å². The van der Waals surface area contributed by atoms with E-state index in [1.165, 1.54) is 36.0 Å². The zero-order valence-electron chi connectivity index (χ0n) is 14.2. The highest BCUT2D eigenvalue weighted by Gasteiger charge is 2.29. The third-order valence-electron chi connectivity index (χ3n) is 4.94. The Morgan fingerprint density at radius 2 is 1.79 bits per heavy atom. The molecule has 0 N–H and O–H groups in total. The van der Waals surface area contributed by atoms with E-state index in [9.17, 15) is 0 Å². The van der Waals surface area contributed by atoms with E-state index in [1.54, 1.807) is 0 Å². The van der Waals surface area contributed by atoms with Crippen LogP contribution in [-0.4, -0.2) is 0 Å². The molecule has 0 unspecified atom stereocenters. The third-order valence-corrected chi connectivity index (χ3v) is 4.94. The molecule has 1 heteroatoms. The number of allylic oxidation sites excluding steroid dienone is 4. The fraction of sp³-hybridized carbons (Fsp3) is 0.261. The van der Waals surface area contributed by atoms with Crippen molar-refractivity contribution in [3.63, 3.8) is 0 Å². The molecule has 1 nitrogen and oxygen atoms in total. The van der Waals surface area contributed by atoms with Gasteiger partial charge in [-0.05, 0) is 41.7 Å². The van der Waals surface area contributed by atoms with E-state index < -0.39 is 0 Å². The summed E-state index contributed by atoms with van der Waals surface area (Å²) in [4.78, 5) is 0. The van der Waals surface area contributed by atoms with Gasteiger partial charge >= 0.3 is 0 Å². The second-order valence-electron chi connectivity index (χ2n) is 6.51. The van der Waals surface area contributed by atoms with Crippen LogP contribution in [0.25, 0.3) is 5.57 Å². The van der Waals surface area contributed by atoms with Gasteiger partial charge in [0.05, 0.1) is 11.6 Å². The Morgan fingerprint density at radius 3 is 2.38 bits per heavy atom.